The number of halogens is 1. The van der Waals surface area contributed by atoms with E-state index in [2.05, 4.69) is 44.8 Å². The SMILES string of the molecule is CCCN(C)c1cc(Br)nc(C2CC2)n1. The van der Waals surface area contributed by atoms with Crippen LogP contribution in [0.2, 0.25) is 0 Å². The highest BCUT2D eigenvalue weighted by Gasteiger charge is 2.27. The van der Waals surface area contributed by atoms with Crippen LogP contribution in [0.1, 0.15) is 37.9 Å². The lowest BCUT2D eigenvalue weighted by molar-refractivity contribution is 0.815. The molecule has 4 heteroatoms. The Morgan fingerprint density at radius 2 is 2.20 bits per heavy atom. The van der Waals surface area contributed by atoms with Gasteiger partial charge in [-0.25, -0.2) is 9.97 Å². The normalized spacial score (nSPS) is 15.4. The molecule has 0 spiro atoms. The van der Waals surface area contributed by atoms with E-state index in [0.717, 1.165) is 29.2 Å². The summed E-state index contributed by atoms with van der Waals surface area (Å²) < 4.78 is 0.900. The minimum atomic E-state index is 0.608. The van der Waals surface area contributed by atoms with Crippen LogP contribution in [0.4, 0.5) is 5.82 Å². The quantitative estimate of drug-likeness (QED) is 0.788. The largest absolute Gasteiger partial charge is 0.360 e. The third-order valence-corrected chi connectivity index (χ3v) is 3.00. The number of hydrogen-bond donors (Lipinski definition) is 0. The van der Waals surface area contributed by atoms with Gasteiger partial charge >= 0.3 is 0 Å². The van der Waals surface area contributed by atoms with Gasteiger partial charge in [-0.1, -0.05) is 6.92 Å². The molecule has 3 nitrogen and oxygen atoms in total. The molecule has 82 valence electrons. The van der Waals surface area contributed by atoms with Crippen molar-refractivity contribution in [3.8, 4) is 0 Å². The van der Waals surface area contributed by atoms with Crippen molar-refractivity contribution >= 4 is 21.7 Å². The average Bonchev–Trinajstić information content (AvgIpc) is 3.00. The standard InChI is InChI=1S/C11H16BrN3/c1-3-6-15(2)10-7-9(12)13-11(14-10)8-4-5-8/h7-8H,3-6H2,1-2H3. The van der Waals surface area contributed by atoms with Gasteiger partial charge in [-0.2, -0.15) is 0 Å². The van der Waals surface area contributed by atoms with Gasteiger partial charge in [0.2, 0.25) is 0 Å². The second-order valence-corrected chi connectivity index (χ2v) is 4.92. The van der Waals surface area contributed by atoms with Crippen LogP contribution in [0, 0.1) is 0 Å². The van der Waals surface area contributed by atoms with E-state index in [0.29, 0.717) is 5.92 Å². The monoisotopic (exact) mass is 269 g/mol. The van der Waals surface area contributed by atoms with Gasteiger partial charge < -0.3 is 4.90 Å². The zero-order valence-corrected chi connectivity index (χ0v) is 10.8. The second kappa shape index (κ2) is 4.47. The molecule has 0 aliphatic heterocycles. The predicted molar refractivity (Wildman–Crippen MR) is 65.3 cm³/mol. The molecule has 0 aromatic carbocycles. The highest BCUT2D eigenvalue weighted by atomic mass is 79.9. The Labute approximate surface area is 99.0 Å². The zero-order chi connectivity index (χ0) is 10.8. The van der Waals surface area contributed by atoms with Crippen LogP contribution in [-0.4, -0.2) is 23.6 Å². The molecule has 2 rings (SSSR count). The average molecular weight is 270 g/mol. The molecule has 0 N–H and O–H groups in total. The Hall–Kier alpha value is -0.640. The smallest absolute Gasteiger partial charge is 0.135 e. The molecule has 1 heterocycles. The number of anilines is 1. The van der Waals surface area contributed by atoms with Crippen molar-refractivity contribution in [1.82, 2.24) is 9.97 Å². The first-order valence-electron chi connectivity index (χ1n) is 5.46. The van der Waals surface area contributed by atoms with E-state index in [9.17, 15) is 0 Å². The Balaban J connectivity index is 2.22. The molecule has 0 amide bonds. The topological polar surface area (TPSA) is 29.0 Å². The molecule has 0 bridgehead atoms. The van der Waals surface area contributed by atoms with E-state index in [-0.39, 0.29) is 0 Å². The fourth-order valence-electron chi connectivity index (χ4n) is 1.59. The van der Waals surface area contributed by atoms with Gasteiger partial charge in [0, 0.05) is 25.6 Å². The number of aromatic nitrogens is 2. The van der Waals surface area contributed by atoms with Crippen LogP contribution < -0.4 is 4.90 Å². The highest BCUT2D eigenvalue weighted by molar-refractivity contribution is 9.10. The third-order valence-electron chi connectivity index (χ3n) is 2.59. The molecule has 0 atom stereocenters. The second-order valence-electron chi connectivity index (χ2n) is 4.10. The number of hydrogen-bond acceptors (Lipinski definition) is 3. The summed E-state index contributed by atoms with van der Waals surface area (Å²) in [6.45, 7) is 3.21. The summed E-state index contributed by atoms with van der Waals surface area (Å²) in [7, 11) is 2.08. The maximum atomic E-state index is 4.60. The Morgan fingerprint density at radius 3 is 2.80 bits per heavy atom. The summed E-state index contributed by atoms with van der Waals surface area (Å²) in [5, 5.41) is 0. The van der Waals surface area contributed by atoms with Gasteiger partial charge in [0.25, 0.3) is 0 Å². The van der Waals surface area contributed by atoms with Gasteiger partial charge in [-0.3, -0.25) is 0 Å². The first-order chi connectivity index (χ1) is 7.20. The van der Waals surface area contributed by atoms with Gasteiger partial charge in [-0.15, -0.1) is 0 Å². The summed E-state index contributed by atoms with van der Waals surface area (Å²) in [5.41, 5.74) is 0. The molecule has 0 unspecified atom stereocenters. The summed E-state index contributed by atoms with van der Waals surface area (Å²) >= 11 is 3.45. The fraction of sp³-hybridized carbons (Fsp3) is 0.636. The predicted octanol–water partition coefficient (Wildman–Crippen LogP) is 2.96. The lowest BCUT2D eigenvalue weighted by atomic mass is 10.3. The van der Waals surface area contributed by atoms with Crippen molar-refractivity contribution < 1.29 is 0 Å². The van der Waals surface area contributed by atoms with Crippen molar-refractivity contribution in [2.75, 3.05) is 18.5 Å². The van der Waals surface area contributed by atoms with E-state index in [4.69, 9.17) is 0 Å². The van der Waals surface area contributed by atoms with Gasteiger partial charge in [0.1, 0.15) is 16.2 Å². The van der Waals surface area contributed by atoms with E-state index < -0.39 is 0 Å². The summed E-state index contributed by atoms with van der Waals surface area (Å²) in [6, 6.07) is 1.99. The van der Waals surface area contributed by atoms with Crippen molar-refractivity contribution in [3.63, 3.8) is 0 Å². The summed E-state index contributed by atoms with van der Waals surface area (Å²) in [4.78, 5) is 11.2. The van der Waals surface area contributed by atoms with Crippen LogP contribution in [-0.2, 0) is 0 Å². The van der Waals surface area contributed by atoms with Crippen LogP contribution >= 0.6 is 15.9 Å². The molecular formula is C11H16BrN3. The lowest BCUT2D eigenvalue weighted by Crippen LogP contribution is -2.19. The van der Waals surface area contributed by atoms with Crippen LogP contribution in [0.15, 0.2) is 10.7 Å². The van der Waals surface area contributed by atoms with Crippen molar-refractivity contribution in [2.45, 2.75) is 32.1 Å². The first kappa shape index (κ1) is 10.9. The van der Waals surface area contributed by atoms with E-state index >= 15 is 0 Å². The van der Waals surface area contributed by atoms with Crippen LogP contribution in [0.5, 0.6) is 0 Å². The fourth-order valence-corrected chi connectivity index (χ4v) is 1.98. The lowest BCUT2D eigenvalue weighted by Gasteiger charge is -2.17. The Kier molecular flexibility index (Phi) is 3.24. The number of nitrogens with zero attached hydrogens (tertiary/aromatic N) is 3. The molecule has 1 aromatic rings. The minimum Gasteiger partial charge on any atom is -0.360 e. The number of rotatable bonds is 4. The van der Waals surface area contributed by atoms with Gasteiger partial charge in [-0.05, 0) is 35.2 Å². The highest BCUT2D eigenvalue weighted by Crippen LogP contribution is 2.39. The Morgan fingerprint density at radius 1 is 1.47 bits per heavy atom. The van der Waals surface area contributed by atoms with Gasteiger partial charge in [0.15, 0.2) is 0 Å². The maximum Gasteiger partial charge on any atom is 0.135 e. The van der Waals surface area contributed by atoms with Crippen LogP contribution in [0.3, 0.4) is 0 Å². The summed E-state index contributed by atoms with van der Waals surface area (Å²) in [5.74, 6) is 2.64. The molecular weight excluding hydrogens is 254 g/mol. The molecule has 1 aliphatic rings. The molecule has 1 saturated carbocycles. The van der Waals surface area contributed by atoms with Gasteiger partial charge in [0.05, 0.1) is 0 Å². The van der Waals surface area contributed by atoms with E-state index in [1.54, 1.807) is 0 Å². The van der Waals surface area contributed by atoms with Crippen molar-refractivity contribution in [3.05, 3.63) is 16.5 Å². The van der Waals surface area contributed by atoms with E-state index in [1.807, 2.05) is 6.07 Å². The molecule has 0 radical (unpaired) electrons. The summed E-state index contributed by atoms with van der Waals surface area (Å²) in [6.07, 6.45) is 3.62. The van der Waals surface area contributed by atoms with Crippen molar-refractivity contribution in [2.24, 2.45) is 0 Å². The van der Waals surface area contributed by atoms with Crippen molar-refractivity contribution in [1.29, 1.82) is 0 Å². The third kappa shape index (κ3) is 2.68. The zero-order valence-electron chi connectivity index (χ0n) is 9.20. The molecule has 1 aromatic heterocycles. The molecule has 0 saturated heterocycles. The minimum absolute atomic E-state index is 0.608. The molecule has 1 fully saturated rings. The Bertz CT molecular complexity index is 350. The van der Waals surface area contributed by atoms with E-state index in [1.165, 1.54) is 12.8 Å². The molecule has 1 aliphatic carbocycles. The molecule has 15 heavy (non-hydrogen) atoms. The first-order valence-corrected chi connectivity index (χ1v) is 6.25. The maximum absolute atomic E-state index is 4.60. The van der Waals surface area contributed by atoms with Crippen LogP contribution in [0.25, 0.3) is 0 Å².